The molecular formula is C14H20N2. The SMILES string of the molecule is CC1(C)Cc2ccccc2N2CCNCC21. The maximum Gasteiger partial charge on any atom is 0.0469 e. The van der Waals surface area contributed by atoms with Crippen LogP contribution in [0.5, 0.6) is 0 Å². The molecule has 86 valence electrons. The van der Waals surface area contributed by atoms with Crippen molar-refractivity contribution in [1.29, 1.82) is 0 Å². The second-order valence-electron chi connectivity index (χ2n) is 5.71. The summed E-state index contributed by atoms with van der Waals surface area (Å²) < 4.78 is 0. The minimum Gasteiger partial charge on any atom is -0.365 e. The molecule has 1 saturated heterocycles. The van der Waals surface area contributed by atoms with E-state index in [1.165, 1.54) is 17.7 Å². The lowest BCUT2D eigenvalue weighted by atomic mass is 9.73. The summed E-state index contributed by atoms with van der Waals surface area (Å²) in [6.07, 6.45) is 1.20. The molecule has 0 saturated carbocycles. The first-order valence-corrected chi connectivity index (χ1v) is 6.24. The van der Waals surface area contributed by atoms with Crippen molar-refractivity contribution >= 4 is 5.69 Å². The molecule has 2 aliphatic rings. The molecule has 0 amide bonds. The smallest absolute Gasteiger partial charge is 0.0469 e. The van der Waals surface area contributed by atoms with Crippen LogP contribution in [0.1, 0.15) is 19.4 Å². The van der Waals surface area contributed by atoms with E-state index in [0.29, 0.717) is 11.5 Å². The summed E-state index contributed by atoms with van der Waals surface area (Å²) in [4.78, 5) is 2.61. The first-order valence-electron chi connectivity index (χ1n) is 6.24. The van der Waals surface area contributed by atoms with E-state index in [1.54, 1.807) is 0 Å². The highest BCUT2D eigenvalue weighted by Crippen LogP contribution is 2.41. The minimum absolute atomic E-state index is 0.377. The Kier molecular flexibility index (Phi) is 2.21. The molecule has 2 heterocycles. The van der Waals surface area contributed by atoms with Crippen LogP contribution in [0.4, 0.5) is 5.69 Å². The highest BCUT2D eigenvalue weighted by atomic mass is 15.2. The van der Waals surface area contributed by atoms with Crippen LogP contribution in [0.2, 0.25) is 0 Å². The van der Waals surface area contributed by atoms with Crippen molar-refractivity contribution in [2.75, 3.05) is 24.5 Å². The fourth-order valence-corrected chi connectivity index (χ4v) is 3.24. The van der Waals surface area contributed by atoms with Gasteiger partial charge in [-0.2, -0.15) is 0 Å². The van der Waals surface area contributed by atoms with Crippen molar-refractivity contribution in [3.63, 3.8) is 0 Å². The monoisotopic (exact) mass is 216 g/mol. The van der Waals surface area contributed by atoms with Gasteiger partial charge >= 0.3 is 0 Å². The molecule has 0 aromatic heterocycles. The molecule has 0 radical (unpaired) electrons. The highest BCUT2D eigenvalue weighted by Gasteiger charge is 2.40. The van der Waals surface area contributed by atoms with Gasteiger partial charge in [0.15, 0.2) is 0 Å². The maximum atomic E-state index is 3.53. The summed E-state index contributed by atoms with van der Waals surface area (Å²) in [6, 6.07) is 9.54. The molecule has 1 fully saturated rings. The van der Waals surface area contributed by atoms with Gasteiger partial charge in [0, 0.05) is 31.4 Å². The van der Waals surface area contributed by atoms with Gasteiger partial charge in [0.2, 0.25) is 0 Å². The Hall–Kier alpha value is -1.02. The van der Waals surface area contributed by atoms with E-state index in [0.717, 1.165) is 19.6 Å². The molecule has 1 aromatic rings. The van der Waals surface area contributed by atoms with E-state index in [-0.39, 0.29) is 0 Å². The second kappa shape index (κ2) is 3.49. The molecule has 16 heavy (non-hydrogen) atoms. The summed E-state index contributed by atoms with van der Waals surface area (Å²) in [5.41, 5.74) is 3.36. The topological polar surface area (TPSA) is 15.3 Å². The van der Waals surface area contributed by atoms with Crippen molar-refractivity contribution in [2.45, 2.75) is 26.3 Å². The Labute approximate surface area is 97.6 Å². The third-order valence-corrected chi connectivity index (χ3v) is 4.09. The summed E-state index contributed by atoms with van der Waals surface area (Å²) in [5.74, 6) is 0. The van der Waals surface area contributed by atoms with Gasteiger partial charge in [0.25, 0.3) is 0 Å². The number of fused-ring (bicyclic) bond motifs is 3. The summed E-state index contributed by atoms with van der Waals surface area (Å²) in [6.45, 7) is 8.18. The van der Waals surface area contributed by atoms with Crippen molar-refractivity contribution < 1.29 is 0 Å². The normalized spacial score (nSPS) is 27.1. The molecule has 3 rings (SSSR count). The summed E-state index contributed by atoms with van der Waals surface area (Å²) in [7, 11) is 0. The Morgan fingerprint density at radius 1 is 1.31 bits per heavy atom. The molecular weight excluding hydrogens is 196 g/mol. The quantitative estimate of drug-likeness (QED) is 0.714. The zero-order valence-electron chi connectivity index (χ0n) is 10.2. The predicted molar refractivity (Wildman–Crippen MR) is 67.9 cm³/mol. The predicted octanol–water partition coefficient (Wildman–Crippen LogP) is 2.05. The Morgan fingerprint density at radius 3 is 3.00 bits per heavy atom. The molecule has 0 bridgehead atoms. The van der Waals surface area contributed by atoms with E-state index < -0.39 is 0 Å². The average Bonchev–Trinajstić information content (AvgIpc) is 2.29. The highest BCUT2D eigenvalue weighted by molar-refractivity contribution is 5.58. The number of hydrogen-bond donors (Lipinski definition) is 1. The molecule has 0 spiro atoms. The Bertz CT molecular complexity index is 397. The van der Waals surface area contributed by atoms with Crippen LogP contribution < -0.4 is 10.2 Å². The van der Waals surface area contributed by atoms with Crippen molar-refractivity contribution in [1.82, 2.24) is 5.32 Å². The lowest BCUT2D eigenvalue weighted by molar-refractivity contribution is 0.232. The van der Waals surface area contributed by atoms with Crippen LogP contribution in [0.25, 0.3) is 0 Å². The number of para-hydroxylation sites is 1. The number of nitrogens with one attached hydrogen (secondary N) is 1. The first-order chi connectivity index (χ1) is 7.68. The molecule has 1 aromatic carbocycles. The second-order valence-corrected chi connectivity index (χ2v) is 5.71. The van der Waals surface area contributed by atoms with Crippen LogP contribution in [0.3, 0.4) is 0 Å². The number of anilines is 1. The molecule has 0 aliphatic carbocycles. The van der Waals surface area contributed by atoms with Crippen LogP contribution in [-0.2, 0) is 6.42 Å². The number of nitrogens with zero attached hydrogens (tertiary/aromatic N) is 1. The number of hydrogen-bond acceptors (Lipinski definition) is 2. The minimum atomic E-state index is 0.377. The van der Waals surface area contributed by atoms with Gasteiger partial charge in [-0.05, 0) is 23.5 Å². The van der Waals surface area contributed by atoms with Crippen LogP contribution in [0, 0.1) is 5.41 Å². The fourth-order valence-electron chi connectivity index (χ4n) is 3.24. The molecule has 1 N–H and O–H groups in total. The maximum absolute atomic E-state index is 3.53. The lowest BCUT2D eigenvalue weighted by Gasteiger charge is -2.51. The molecule has 2 nitrogen and oxygen atoms in total. The summed E-state index contributed by atoms with van der Waals surface area (Å²) >= 11 is 0. The lowest BCUT2D eigenvalue weighted by Crippen LogP contribution is -2.60. The van der Waals surface area contributed by atoms with Crippen LogP contribution >= 0.6 is 0 Å². The van der Waals surface area contributed by atoms with E-state index >= 15 is 0 Å². The van der Waals surface area contributed by atoms with Gasteiger partial charge in [-0.25, -0.2) is 0 Å². The van der Waals surface area contributed by atoms with Crippen molar-refractivity contribution in [2.24, 2.45) is 5.41 Å². The van der Waals surface area contributed by atoms with Gasteiger partial charge in [0.05, 0.1) is 0 Å². The Morgan fingerprint density at radius 2 is 2.12 bits per heavy atom. The number of benzene rings is 1. The van der Waals surface area contributed by atoms with Gasteiger partial charge < -0.3 is 10.2 Å². The third-order valence-electron chi connectivity index (χ3n) is 4.09. The number of rotatable bonds is 0. The van der Waals surface area contributed by atoms with Crippen LogP contribution in [-0.4, -0.2) is 25.7 Å². The molecule has 1 unspecified atom stereocenters. The largest absolute Gasteiger partial charge is 0.365 e. The average molecular weight is 216 g/mol. The van der Waals surface area contributed by atoms with Gasteiger partial charge in [-0.3, -0.25) is 0 Å². The van der Waals surface area contributed by atoms with E-state index in [9.17, 15) is 0 Å². The zero-order chi connectivity index (χ0) is 11.2. The summed E-state index contributed by atoms with van der Waals surface area (Å²) in [5, 5.41) is 3.53. The third kappa shape index (κ3) is 1.44. The Balaban J connectivity index is 2.07. The van der Waals surface area contributed by atoms with Crippen molar-refractivity contribution in [3.8, 4) is 0 Å². The van der Waals surface area contributed by atoms with Crippen LogP contribution in [0.15, 0.2) is 24.3 Å². The van der Waals surface area contributed by atoms with E-state index in [2.05, 4.69) is 48.3 Å². The van der Waals surface area contributed by atoms with Crippen molar-refractivity contribution in [3.05, 3.63) is 29.8 Å². The zero-order valence-corrected chi connectivity index (χ0v) is 10.2. The van der Waals surface area contributed by atoms with E-state index in [4.69, 9.17) is 0 Å². The molecule has 1 atom stereocenters. The fraction of sp³-hybridized carbons (Fsp3) is 0.571. The van der Waals surface area contributed by atoms with Gasteiger partial charge in [-0.15, -0.1) is 0 Å². The van der Waals surface area contributed by atoms with Gasteiger partial charge in [0.1, 0.15) is 0 Å². The standard InChI is InChI=1S/C14H20N2/c1-14(2)9-11-5-3-4-6-12(11)16-8-7-15-10-13(14)16/h3-6,13,15H,7-10H2,1-2H3. The van der Waals surface area contributed by atoms with Gasteiger partial charge in [-0.1, -0.05) is 32.0 Å². The number of piperazine rings is 1. The molecule has 2 aliphatic heterocycles. The molecule has 2 heteroatoms. The van der Waals surface area contributed by atoms with E-state index in [1.807, 2.05) is 0 Å². The first kappa shape index (κ1) is 10.2.